The summed E-state index contributed by atoms with van der Waals surface area (Å²) in [5, 5.41) is 6.00. The fourth-order valence-corrected chi connectivity index (χ4v) is 3.25. The summed E-state index contributed by atoms with van der Waals surface area (Å²) in [6, 6.07) is 10.0. The fourth-order valence-electron chi connectivity index (χ4n) is 3.07. The lowest BCUT2D eigenvalue weighted by Crippen LogP contribution is -1.91. The number of aromatic nitrogens is 3. The molecule has 5 heteroatoms. The standard InChI is InChI=1S/C20H17ClN4/c1-22-16-10-18-13(12-24(2)20(18)23-11-16)4-6-17-9-14-8-15(21)5-7-19(14)25(17)3/h5,7-12,22H,1-3H3. The molecule has 0 spiro atoms. The van der Waals surface area contributed by atoms with Gasteiger partial charge >= 0.3 is 0 Å². The zero-order chi connectivity index (χ0) is 17.6. The quantitative estimate of drug-likeness (QED) is 0.524. The van der Waals surface area contributed by atoms with Crippen LogP contribution in [-0.2, 0) is 14.1 Å². The summed E-state index contributed by atoms with van der Waals surface area (Å²) >= 11 is 6.09. The number of nitrogens with zero attached hydrogens (tertiary/aromatic N) is 3. The van der Waals surface area contributed by atoms with Crippen LogP contribution < -0.4 is 5.32 Å². The molecule has 0 unspecified atom stereocenters. The van der Waals surface area contributed by atoms with Gasteiger partial charge in [0.2, 0.25) is 0 Å². The zero-order valence-corrected chi connectivity index (χ0v) is 15.0. The Balaban J connectivity index is 1.84. The van der Waals surface area contributed by atoms with E-state index >= 15 is 0 Å². The van der Waals surface area contributed by atoms with Crippen LogP contribution in [0.4, 0.5) is 5.69 Å². The van der Waals surface area contributed by atoms with Gasteiger partial charge < -0.3 is 14.5 Å². The molecule has 1 N–H and O–H groups in total. The highest BCUT2D eigenvalue weighted by Gasteiger charge is 2.08. The predicted molar refractivity (Wildman–Crippen MR) is 104 cm³/mol. The van der Waals surface area contributed by atoms with Crippen molar-refractivity contribution >= 4 is 39.2 Å². The molecule has 1 aromatic carbocycles. The van der Waals surface area contributed by atoms with Crippen LogP contribution >= 0.6 is 11.6 Å². The Morgan fingerprint density at radius 3 is 2.76 bits per heavy atom. The van der Waals surface area contributed by atoms with Gasteiger partial charge in [0.1, 0.15) is 5.65 Å². The van der Waals surface area contributed by atoms with Crippen molar-refractivity contribution in [2.24, 2.45) is 14.1 Å². The van der Waals surface area contributed by atoms with Crippen molar-refractivity contribution in [1.82, 2.24) is 14.1 Å². The molecular weight excluding hydrogens is 332 g/mol. The van der Waals surface area contributed by atoms with Gasteiger partial charge in [-0.25, -0.2) is 4.98 Å². The number of aryl methyl sites for hydroxylation is 2. The molecule has 0 aliphatic carbocycles. The summed E-state index contributed by atoms with van der Waals surface area (Å²) in [6.07, 6.45) is 3.84. The van der Waals surface area contributed by atoms with Crippen LogP contribution in [-0.4, -0.2) is 21.2 Å². The largest absolute Gasteiger partial charge is 0.387 e. The molecule has 0 amide bonds. The third kappa shape index (κ3) is 2.63. The maximum atomic E-state index is 6.09. The molecule has 3 aromatic heterocycles. The van der Waals surface area contributed by atoms with Gasteiger partial charge in [-0.2, -0.15) is 0 Å². The van der Waals surface area contributed by atoms with Crippen molar-refractivity contribution < 1.29 is 0 Å². The lowest BCUT2D eigenvalue weighted by molar-refractivity contribution is 0.946. The number of fused-ring (bicyclic) bond motifs is 2. The van der Waals surface area contributed by atoms with E-state index in [9.17, 15) is 0 Å². The van der Waals surface area contributed by atoms with Gasteiger partial charge in [0.15, 0.2) is 0 Å². The maximum Gasteiger partial charge on any atom is 0.141 e. The molecule has 0 fully saturated rings. The Hall–Kier alpha value is -2.90. The lowest BCUT2D eigenvalue weighted by atomic mass is 10.2. The molecule has 0 saturated carbocycles. The summed E-state index contributed by atoms with van der Waals surface area (Å²) in [5.74, 6) is 6.59. The van der Waals surface area contributed by atoms with Gasteiger partial charge in [0, 0.05) is 48.7 Å². The third-order valence-electron chi connectivity index (χ3n) is 4.43. The molecule has 0 bridgehead atoms. The highest BCUT2D eigenvalue weighted by Crippen LogP contribution is 2.23. The van der Waals surface area contributed by atoms with Gasteiger partial charge in [-0.15, -0.1) is 0 Å². The van der Waals surface area contributed by atoms with E-state index in [1.54, 1.807) is 0 Å². The lowest BCUT2D eigenvalue weighted by Gasteiger charge is -2.00. The Morgan fingerprint density at radius 2 is 1.96 bits per heavy atom. The molecule has 0 aliphatic heterocycles. The molecule has 0 radical (unpaired) electrons. The number of rotatable bonds is 1. The van der Waals surface area contributed by atoms with Crippen molar-refractivity contribution in [3.8, 4) is 11.8 Å². The molecule has 4 aromatic rings. The van der Waals surface area contributed by atoms with Crippen LogP contribution in [0, 0.1) is 11.8 Å². The van der Waals surface area contributed by atoms with E-state index < -0.39 is 0 Å². The van der Waals surface area contributed by atoms with Gasteiger partial charge in [-0.1, -0.05) is 17.5 Å². The average Bonchev–Trinajstić information content (AvgIpc) is 3.09. The van der Waals surface area contributed by atoms with E-state index in [1.165, 1.54) is 0 Å². The highest BCUT2D eigenvalue weighted by atomic mass is 35.5. The topological polar surface area (TPSA) is 34.8 Å². The minimum atomic E-state index is 0.734. The molecular formula is C20H17ClN4. The van der Waals surface area contributed by atoms with Gasteiger partial charge in [0.05, 0.1) is 23.1 Å². The molecule has 4 nitrogen and oxygen atoms in total. The number of halogens is 1. The van der Waals surface area contributed by atoms with Crippen LogP contribution in [0.25, 0.3) is 21.9 Å². The average molecular weight is 349 g/mol. The highest BCUT2D eigenvalue weighted by molar-refractivity contribution is 6.31. The minimum Gasteiger partial charge on any atom is -0.387 e. The molecule has 25 heavy (non-hydrogen) atoms. The van der Waals surface area contributed by atoms with Crippen molar-refractivity contribution in [2.75, 3.05) is 12.4 Å². The number of pyridine rings is 1. The molecule has 3 heterocycles. The van der Waals surface area contributed by atoms with Crippen LogP contribution in [0.3, 0.4) is 0 Å². The Bertz CT molecular complexity index is 1170. The number of benzene rings is 1. The minimum absolute atomic E-state index is 0.734. The Morgan fingerprint density at radius 1 is 1.12 bits per heavy atom. The first-order valence-corrected chi connectivity index (χ1v) is 8.34. The van der Waals surface area contributed by atoms with Crippen molar-refractivity contribution in [1.29, 1.82) is 0 Å². The number of anilines is 1. The van der Waals surface area contributed by atoms with Crippen molar-refractivity contribution in [3.05, 3.63) is 59.0 Å². The SMILES string of the molecule is CNc1cnc2c(c1)c(C#Cc1cc3cc(Cl)ccc3n1C)cn2C. The first kappa shape index (κ1) is 15.6. The normalized spacial score (nSPS) is 10.9. The Labute approximate surface area is 151 Å². The molecule has 4 rings (SSSR count). The number of nitrogens with one attached hydrogen (secondary N) is 1. The molecule has 0 saturated heterocycles. The second-order valence-electron chi connectivity index (χ2n) is 6.04. The van der Waals surface area contributed by atoms with Crippen LogP contribution in [0.15, 0.2) is 42.7 Å². The summed E-state index contributed by atoms with van der Waals surface area (Å²) < 4.78 is 4.08. The van der Waals surface area contributed by atoms with Crippen LogP contribution in [0.1, 0.15) is 11.3 Å². The summed E-state index contributed by atoms with van der Waals surface area (Å²) in [5.41, 5.74) is 4.93. The second kappa shape index (κ2) is 5.87. The number of hydrogen-bond donors (Lipinski definition) is 1. The predicted octanol–water partition coefficient (Wildman–Crippen LogP) is 4.16. The van der Waals surface area contributed by atoms with E-state index in [1.807, 2.05) is 56.3 Å². The summed E-state index contributed by atoms with van der Waals surface area (Å²) in [7, 11) is 5.89. The maximum absolute atomic E-state index is 6.09. The van der Waals surface area contributed by atoms with E-state index in [4.69, 9.17) is 11.6 Å². The van der Waals surface area contributed by atoms with Gasteiger partial charge in [0.25, 0.3) is 0 Å². The summed E-state index contributed by atoms with van der Waals surface area (Å²) in [6.45, 7) is 0. The number of hydrogen-bond acceptors (Lipinski definition) is 2. The zero-order valence-electron chi connectivity index (χ0n) is 14.3. The van der Waals surface area contributed by atoms with E-state index in [0.717, 1.165) is 43.9 Å². The van der Waals surface area contributed by atoms with Gasteiger partial charge in [-0.3, -0.25) is 0 Å². The smallest absolute Gasteiger partial charge is 0.141 e. The van der Waals surface area contributed by atoms with Gasteiger partial charge in [-0.05, 0) is 36.3 Å². The van der Waals surface area contributed by atoms with Crippen LogP contribution in [0.5, 0.6) is 0 Å². The van der Waals surface area contributed by atoms with Crippen molar-refractivity contribution in [3.63, 3.8) is 0 Å². The monoisotopic (exact) mass is 348 g/mol. The second-order valence-corrected chi connectivity index (χ2v) is 6.48. The van der Waals surface area contributed by atoms with E-state index in [-0.39, 0.29) is 0 Å². The first-order chi connectivity index (χ1) is 12.1. The molecule has 124 valence electrons. The molecule has 0 atom stereocenters. The van der Waals surface area contributed by atoms with Crippen LogP contribution in [0.2, 0.25) is 5.02 Å². The Kier molecular flexibility index (Phi) is 3.67. The van der Waals surface area contributed by atoms with Crippen molar-refractivity contribution in [2.45, 2.75) is 0 Å². The first-order valence-electron chi connectivity index (χ1n) is 7.96. The summed E-state index contributed by atoms with van der Waals surface area (Å²) in [4.78, 5) is 4.50. The molecule has 0 aliphatic rings. The van der Waals surface area contributed by atoms with E-state index in [0.29, 0.717) is 0 Å². The fraction of sp³-hybridized carbons (Fsp3) is 0.150. The van der Waals surface area contributed by atoms with E-state index in [2.05, 4.69) is 38.8 Å². The third-order valence-corrected chi connectivity index (χ3v) is 4.67.